The van der Waals surface area contributed by atoms with Crippen molar-refractivity contribution in [2.75, 3.05) is 3.11 Å². The fourth-order valence-electron chi connectivity index (χ4n) is 4.63. The molecule has 0 bridgehead atoms. The van der Waals surface area contributed by atoms with Crippen molar-refractivity contribution in [3.8, 4) is 5.75 Å². The highest BCUT2D eigenvalue weighted by atomic mass is 127. The molecule has 1 aliphatic carbocycles. The van der Waals surface area contributed by atoms with E-state index >= 15 is 0 Å². The number of para-hydroxylation sites is 2. The molecule has 0 amide bonds. The summed E-state index contributed by atoms with van der Waals surface area (Å²) in [4.78, 5) is 0. The first-order chi connectivity index (χ1) is 15.4. The third-order valence-electron chi connectivity index (χ3n) is 6.09. The Morgan fingerprint density at radius 1 is 0.844 bits per heavy atom. The summed E-state index contributed by atoms with van der Waals surface area (Å²) in [6, 6.07) is 18.2. The zero-order valence-electron chi connectivity index (χ0n) is 17.2. The minimum absolute atomic E-state index is 0.245. The minimum atomic E-state index is -4.71. The first-order valence-electron chi connectivity index (χ1n) is 10.7. The summed E-state index contributed by atoms with van der Waals surface area (Å²) in [5.41, 5.74) is 4.56. The molecule has 166 valence electrons. The van der Waals surface area contributed by atoms with Crippen molar-refractivity contribution < 1.29 is 22.3 Å². The first-order valence-corrected chi connectivity index (χ1v) is 11.6. The maximum atomic E-state index is 12.5. The third-order valence-corrected chi connectivity index (χ3v) is 7.16. The SMILES string of the molecule is FC(F)(F)Oc1ccc(N(I)c2cccc3c2oc2c(C4CCCCC4)cccc23)cc1. The Bertz CT molecular complexity index is 1240. The van der Waals surface area contributed by atoms with Gasteiger partial charge in [0.05, 0.1) is 34.2 Å². The van der Waals surface area contributed by atoms with Crippen LogP contribution in [0.2, 0.25) is 0 Å². The number of hydrogen-bond acceptors (Lipinski definition) is 3. The fraction of sp³-hybridized carbons (Fsp3) is 0.280. The molecular weight excluding hydrogens is 530 g/mol. The molecule has 7 heteroatoms. The highest BCUT2D eigenvalue weighted by molar-refractivity contribution is 14.1. The van der Waals surface area contributed by atoms with E-state index < -0.39 is 6.36 Å². The number of ether oxygens (including phenoxy) is 1. The normalized spacial score (nSPS) is 15.4. The monoisotopic (exact) mass is 551 g/mol. The molecule has 5 rings (SSSR count). The number of furan rings is 1. The van der Waals surface area contributed by atoms with Crippen molar-refractivity contribution in [1.29, 1.82) is 0 Å². The van der Waals surface area contributed by atoms with Crippen molar-refractivity contribution in [1.82, 2.24) is 0 Å². The largest absolute Gasteiger partial charge is 0.573 e. The molecule has 1 aromatic heterocycles. The molecule has 1 aliphatic rings. The standard InChI is InChI=1S/C25H21F3INO2/c26-25(27,28)32-18-14-12-17(13-15-18)30(29)22-11-5-10-21-20-9-4-8-19(23(20)31-24(21)22)16-6-2-1-3-7-16/h4-5,8-16H,1-3,6-7H2. The van der Waals surface area contributed by atoms with E-state index in [-0.39, 0.29) is 5.75 Å². The molecule has 0 aliphatic heterocycles. The summed E-state index contributed by atoms with van der Waals surface area (Å²) in [5.74, 6) is 0.276. The maximum Gasteiger partial charge on any atom is 0.573 e. The van der Waals surface area contributed by atoms with Gasteiger partial charge in [0.15, 0.2) is 5.58 Å². The van der Waals surface area contributed by atoms with Gasteiger partial charge in [-0.15, -0.1) is 13.2 Å². The predicted molar refractivity (Wildman–Crippen MR) is 129 cm³/mol. The van der Waals surface area contributed by atoms with Crippen LogP contribution in [0.4, 0.5) is 24.5 Å². The number of fused-ring (bicyclic) bond motifs is 3. The summed E-state index contributed by atoms with van der Waals surface area (Å²) < 4.78 is 49.7. The van der Waals surface area contributed by atoms with E-state index in [1.165, 1.54) is 49.8 Å². The second-order valence-corrected chi connectivity index (χ2v) is 9.10. The Balaban J connectivity index is 1.54. The Morgan fingerprint density at radius 2 is 1.50 bits per heavy atom. The Labute approximate surface area is 197 Å². The van der Waals surface area contributed by atoms with Crippen LogP contribution in [0.3, 0.4) is 0 Å². The number of halogens is 4. The van der Waals surface area contributed by atoms with Gasteiger partial charge in [0.25, 0.3) is 0 Å². The van der Waals surface area contributed by atoms with Crippen molar-refractivity contribution in [3.05, 3.63) is 66.2 Å². The summed E-state index contributed by atoms with van der Waals surface area (Å²) in [5, 5.41) is 2.14. The van der Waals surface area contributed by atoms with Crippen LogP contribution in [0, 0.1) is 0 Å². The predicted octanol–water partition coefficient (Wildman–Crippen LogP) is 9.02. The molecular formula is C25H21F3INO2. The van der Waals surface area contributed by atoms with Crippen LogP contribution in [0.15, 0.2) is 65.1 Å². The molecule has 0 unspecified atom stereocenters. The number of anilines is 2. The molecule has 4 aromatic rings. The van der Waals surface area contributed by atoms with Gasteiger partial charge >= 0.3 is 6.36 Å². The molecule has 0 N–H and O–H groups in total. The number of benzene rings is 3. The van der Waals surface area contributed by atoms with Gasteiger partial charge < -0.3 is 9.15 Å². The summed E-state index contributed by atoms with van der Waals surface area (Å²) in [7, 11) is 0. The van der Waals surface area contributed by atoms with E-state index in [0.717, 1.165) is 33.3 Å². The van der Waals surface area contributed by atoms with Crippen LogP contribution in [0.1, 0.15) is 43.6 Å². The van der Waals surface area contributed by atoms with Gasteiger partial charge in [-0.2, -0.15) is 0 Å². The van der Waals surface area contributed by atoms with E-state index in [9.17, 15) is 13.2 Å². The number of nitrogens with zero attached hydrogens (tertiary/aromatic N) is 1. The van der Waals surface area contributed by atoms with Crippen LogP contribution in [-0.2, 0) is 0 Å². The molecule has 0 saturated heterocycles. The lowest BCUT2D eigenvalue weighted by Gasteiger charge is -2.21. The van der Waals surface area contributed by atoms with Crippen LogP contribution >= 0.6 is 22.9 Å². The average molecular weight is 551 g/mol. The Kier molecular flexibility index (Phi) is 5.69. The van der Waals surface area contributed by atoms with Crippen molar-refractivity contribution >= 4 is 56.2 Å². The highest BCUT2D eigenvalue weighted by Crippen LogP contribution is 2.43. The van der Waals surface area contributed by atoms with Crippen LogP contribution in [-0.4, -0.2) is 6.36 Å². The van der Waals surface area contributed by atoms with Crippen LogP contribution in [0.5, 0.6) is 5.75 Å². The average Bonchev–Trinajstić information content (AvgIpc) is 3.18. The fourth-order valence-corrected chi connectivity index (χ4v) is 5.34. The van der Waals surface area contributed by atoms with Crippen LogP contribution < -0.4 is 7.85 Å². The van der Waals surface area contributed by atoms with Crippen molar-refractivity contribution in [2.24, 2.45) is 0 Å². The number of alkyl halides is 3. The number of rotatable bonds is 4. The topological polar surface area (TPSA) is 25.6 Å². The van der Waals surface area contributed by atoms with E-state index in [4.69, 9.17) is 4.42 Å². The lowest BCUT2D eigenvalue weighted by Crippen LogP contribution is -2.17. The second-order valence-electron chi connectivity index (χ2n) is 8.14. The number of hydrogen-bond donors (Lipinski definition) is 0. The molecule has 3 aromatic carbocycles. The molecule has 3 nitrogen and oxygen atoms in total. The van der Waals surface area contributed by atoms with Gasteiger partial charge in [0.2, 0.25) is 0 Å². The van der Waals surface area contributed by atoms with E-state index in [1.54, 1.807) is 12.1 Å². The van der Waals surface area contributed by atoms with E-state index in [0.29, 0.717) is 5.92 Å². The third kappa shape index (κ3) is 4.14. The first kappa shape index (κ1) is 21.4. The molecule has 0 radical (unpaired) electrons. The van der Waals surface area contributed by atoms with Gasteiger partial charge in [-0.3, -0.25) is 3.11 Å². The van der Waals surface area contributed by atoms with Gasteiger partial charge in [0, 0.05) is 10.8 Å². The van der Waals surface area contributed by atoms with Gasteiger partial charge in [-0.05, 0) is 54.7 Å². The maximum absolute atomic E-state index is 12.5. The van der Waals surface area contributed by atoms with Gasteiger partial charge in [-0.25, -0.2) is 0 Å². The zero-order chi connectivity index (χ0) is 22.3. The molecule has 1 saturated carbocycles. The van der Waals surface area contributed by atoms with Crippen molar-refractivity contribution in [2.45, 2.75) is 44.4 Å². The summed E-state index contributed by atoms with van der Waals surface area (Å²) in [6.45, 7) is 0. The summed E-state index contributed by atoms with van der Waals surface area (Å²) in [6.07, 6.45) is 1.47. The lowest BCUT2D eigenvalue weighted by atomic mass is 9.83. The lowest BCUT2D eigenvalue weighted by molar-refractivity contribution is -0.274. The van der Waals surface area contributed by atoms with E-state index in [2.05, 4.69) is 51.9 Å². The highest BCUT2D eigenvalue weighted by Gasteiger charge is 2.31. The van der Waals surface area contributed by atoms with Gasteiger partial charge in [0.1, 0.15) is 11.3 Å². The zero-order valence-corrected chi connectivity index (χ0v) is 19.3. The van der Waals surface area contributed by atoms with Crippen molar-refractivity contribution in [3.63, 3.8) is 0 Å². The molecule has 0 spiro atoms. The minimum Gasteiger partial charge on any atom is -0.454 e. The van der Waals surface area contributed by atoms with E-state index in [1.807, 2.05) is 15.2 Å². The molecule has 1 fully saturated rings. The quantitative estimate of drug-likeness (QED) is 0.187. The Morgan fingerprint density at radius 3 is 2.19 bits per heavy atom. The summed E-state index contributed by atoms with van der Waals surface area (Å²) >= 11 is 2.15. The Hall–Kier alpha value is -2.42. The van der Waals surface area contributed by atoms with Gasteiger partial charge in [-0.1, -0.05) is 49.6 Å². The molecule has 0 atom stereocenters. The second kappa shape index (κ2) is 8.50. The van der Waals surface area contributed by atoms with Crippen LogP contribution in [0.25, 0.3) is 21.9 Å². The molecule has 32 heavy (non-hydrogen) atoms. The smallest absolute Gasteiger partial charge is 0.454 e. The molecule has 1 heterocycles.